The maximum Gasteiger partial charge on any atom is 0.123 e. The summed E-state index contributed by atoms with van der Waals surface area (Å²) in [6.07, 6.45) is 0. The van der Waals surface area contributed by atoms with Gasteiger partial charge in [-0.25, -0.2) is 4.39 Å². The molecule has 98 valence electrons. The molecule has 0 aliphatic carbocycles. The summed E-state index contributed by atoms with van der Waals surface area (Å²) >= 11 is 0. The average molecular weight is 258 g/mol. The minimum atomic E-state index is -0.265. The van der Waals surface area contributed by atoms with Crippen molar-refractivity contribution in [1.82, 2.24) is 0 Å². The van der Waals surface area contributed by atoms with Gasteiger partial charge in [0.15, 0.2) is 0 Å². The standard InChI is InChI=1S/C15H15FN2O/c1-11(12-4-3-5-15(10-12)19-2)17-18-14-8-6-13(16)7-9-14/h3-10,18H,1-2H3/b17-11-. The molecule has 4 heteroatoms. The summed E-state index contributed by atoms with van der Waals surface area (Å²) in [5.41, 5.74) is 5.42. The van der Waals surface area contributed by atoms with Crippen molar-refractivity contribution in [3.8, 4) is 5.75 Å². The van der Waals surface area contributed by atoms with Gasteiger partial charge in [-0.3, -0.25) is 5.43 Å². The first kappa shape index (κ1) is 13.1. The molecule has 0 aliphatic rings. The van der Waals surface area contributed by atoms with Gasteiger partial charge in [0.2, 0.25) is 0 Å². The Morgan fingerprint density at radius 2 is 1.89 bits per heavy atom. The van der Waals surface area contributed by atoms with Gasteiger partial charge in [0.05, 0.1) is 18.5 Å². The van der Waals surface area contributed by atoms with Crippen LogP contribution in [0.4, 0.5) is 10.1 Å². The number of hydrazone groups is 1. The topological polar surface area (TPSA) is 33.6 Å². The monoisotopic (exact) mass is 258 g/mol. The van der Waals surface area contributed by atoms with E-state index in [1.54, 1.807) is 19.2 Å². The second kappa shape index (κ2) is 6.00. The van der Waals surface area contributed by atoms with E-state index < -0.39 is 0 Å². The van der Waals surface area contributed by atoms with E-state index >= 15 is 0 Å². The first-order chi connectivity index (χ1) is 9.19. The molecule has 2 rings (SSSR count). The van der Waals surface area contributed by atoms with E-state index in [2.05, 4.69) is 10.5 Å². The summed E-state index contributed by atoms with van der Waals surface area (Å²) in [5.74, 6) is 0.521. The van der Waals surface area contributed by atoms with Crippen LogP contribution in [-0.4, -0.2) is 12.8 Å². The molecule has 3 nitrogen and oxygen atoms in total. The molecular formula is C15H15FN2O. The molecule has 0 saturated heterocycles. The molecule has 0 aliphatic heterocycles. The van der Waals surface area contributed by atoms with Crippen LogP contribution in [0.5, 0.6) is 5.75 Å². The zero-order valence-corrected chi connectivity index (χ0v) is 10.9. The number of halogens is 1. The first-order valence-electron chi connectivity index (χ1n) is 5.89. The Bertz CT molecular complexity index is 579. The molecule has 0 spiro atoms. The van der Waals surface area contributed by atoms with Crippen molar-refractivity contribution in [2.24, 2.45) is 5.10 Å². The van der Waals surface area contributed by atoms with Crippen molar-refractivity contribution in [2.75, 3.05) is 12.5 Å². The lowest BCUT2D eigenvalue weighted by Crippen LogP contribution is -2.00. The molecule has 0 fully saturated rings. The third-order valence-corrected chi connectivity index (χ3v) is 2.68. The maximum absolute atomic E-state index is 12.8. The van der Waals surface area contributed by atoms with E-state index in [4.69, 9.17) is 4.74 Å². The van der Waals surface area contributed by atoms with Crippen LogP contribution < -0.4 is 10.2 Å². The summed E-state index contributed by atoms with van der Waals surface area (Å²) in [7, 11) is 1.63. The zero-order valence-electron chi connectivity index (χ0n) is 10.9. The van der Waals surface area contributed by atoms with Crippen molar-refractivity contribution < 1.29 is 9.13 Å². The first-order valence-corrected chi connectivity index (χ1v) is 5.89. The third-order valence-electron chi connectivity index (χ3n) is 2.68. The number of hydrogen-bond acceptors (Lipinski definition) is 3. The average Bonchev–Trinajstić information content (AvgIpc) is 2.46. The number of nitrogens with zero attached hydrogens (tertiary/aromatic N) is 1. The zero-order chi connectivity index (χ0) is 13.7. The molecule has 0 amide bonds. The predicted octanol–water partition coefficient (Wildman–Crippen LogP) is 3.67. The minimum absolute atomic E-state index is 0.265. The fourth-order valence-corrected chi connectivity index (χ4v) is 1.59. The van der Waals surface area contributed by atoms with Crippen molar-refractivity contribution >= 4 is 11.4 Å². The van der Waals surface area contributed by atoms with Gasteiger partial charge in [-0.2, -0.15) is 5.10 Å². The van der Waals surface area contributed by atoms with Gasteiger partial charge >= 0.3 is 0 Å². The van der Waals surface area contributed by atoms with Gasteiger partial charge in [-0.05, 0) is 43.3 Å². The summed E-state index contributed by atoms with van der Waals surface area (Å²) < 4.78 is 17.9. The number of rotatable bonds is 4. The van der Waals surface area contributed by atoms with Crippen molar-refractivity contribution in [3.05, 3.63) is 59.9 Å². The molecule has 2 aromatic rings. The van der Waals surface area contributed by atoms with Gasteiger partial charge in [-0.1, -0.05) is 12.1 Å². The molecule has 0 aromatic heterocycles. The van der Waals surface area contributed by atoms with E-state index in [9.17, 15) is 4.39 Å². The number of methoxy groups -OCH3 is 1. The normalized spacial score (nSPS) is 11.2. The molecule has 19 heavy (non-hydrogen) atoms. The van der Waals surface area contributed by atoms with Gasteiger partial charge in [0, 0.05) is 5.56 Å². The van der Waals surface area contributed by atoms with Gasteiger partial charge in [-0.15, -0.1) is 0 Å². The second-order valence-corrected chi connectivity index (χ2v) is 4.05. The molecule has 1 N–H and O–H groups in total. The summed E-state index contributed by atoms with van der Waals surface area (Å²) in [6.45, 7) is 1.89. The van der Waals surface area contributed by atoms with Crippen LogP contribution in [0.2, 0.25) is 0 Å². The molecule has 0 unspecified atom stereocenters. The fourth-order valence-electron chi connectivity index (χ4n) is 1.59. The van der Waals surface area contributed by atoms with E-state index in [1.807, 2.05) is 31.2 Å². The highest BCUT2D eigenvalue weighted by atomic mass is 19.1. The Hall–Kier alpha value is -2.36. The quantitative estimate of drug-likeness (QED) is 0.670. The van der Waals surface area contributed by atoms with E-state index in [1.165, 1.54) is 12.1 Å². The highest BCUT2D eigenvalue weighted by Gasteiger charge is 1.99. The molecule has 0 heterocycles. The number of ether oxygens (including phenoxy) is 1. The highest BCUT2D eigenvalue weighted by molar-refractivity contribution is 5.99. The Balaban J connectivity index is 2.11. The summed E-state index contributed by atoms with van der Waals surface area (Å²) in [5, 5.41) is 4.26. The van der Waals surface area contributed by atoms with Crippen LogP contribution in [0.25, 0.3) is 0 Å². The summed E-state index contributed by atoms with van der Waals surface area (Å²) in [6, 6.07) is 13.7. The number of benzene rings is 2. The lowest BCUT2D eigenvalue weighted by molar-refractivity contribution is 0.414. The summed E-state index contributed by atoms with van der Waals surface area (Å²) in [4.78, 5) is 0. The SMILES string of the molecule is COc1cccc(/C(C)=N\Nc2ccc(F)cc2)c1. The van der Waals surface area contributed by atoms with Crippen LogP contribution in [0.3, 0.4) is 0 Å². The van der Waals surface area contributed by atoms with E-state index in [0.717, 1.165) is 22.7 Å². The molecule has 0 atom stereocenters. The molecule has 2 aromatic carbocycles. The number of hydrogen-bond donors (Lipinski definition) is 1. The maximum atomic E-state index is 12.8. The van der Waals surface area contributed by atoms with Crippen molar-refractivity contribution in [1.29, 1.82) is 0 Å². The van der Waals surface area contributed by atoms with Crippen LogP contribution in [-0.2, 0) is 0 Å². The Morgan fingerprint density at radius 1 is 1.16 bits per heavy atom. The molecule has 0 radical (unpaired) electrons. The van der Waals surface area contributed by atoms with E-state index in [0.29, 0.717) is 0 Å². The minimum Gasteiger partial charge on any atom is -0.497 e. The van der Waals surface area contributed by atoms with Crippen molar-refractivity contribution in [3.63, 3.8) is 0 Å². The smallest absolute Gasteiger partial charge is 0.123 e. The fraction of sp³-hybridized carbons (Fsp3) is 0.133. The van der Waals surface area contributed by atoms with Crippen LogP contribution >= 0.6 is 0 Å². The Morgan fingerprint density at radius 3 is 2.58 bits per heavy atom. The van der Waals surface area contributed by atoms with Gasteiger partial charge in [0.25, 0.3) is 0 Å². The number of nitrogens with one attached hydrogen (secondary N) is 1. The van der Waals surface area contributed by atoms with Crippen LogP contribution in [0.1, 0.15) is 12.5 Å². The molecule has 0 saturated carbocycles. The predicted molar refractivity (Wildman–Crippen MR) is 75.2 cm³/mol. The third kappa shape index (κ3) is 3.55. The number of anilines is 1. The van der Waals surface area contributed by atoms with E-state index in [-0.39, 0.29) is 5.82 Å². The lowest BCUT2D eigenvalue weighted by Gasteiger charge is -2.05. The molecular weight excluding hydrogens is 243 g/mol. The second-order valence-electron chi connectivity index (χ2n) is 4.05. The van der Waals surface area contributed by atoms with Gasteiger partial charge < -0.3 is 4.74 Å². The highest BCUT2D eigenvalue weighted by Crippen LogP contribution is 2.14. The largest absolute Gasteiger partial charge is 0.497 e. The lowest BCUT2D eigenvalue weighted by atomic mass is 10.1. The molecule has 0 bridgehead atoms. The van der Waals surface area contributed by atoms with Gasteiger partial charge in [0.1, 0.15) is 11.6 Å². The Kier molecular flexibility index (Phi) is 4.13. The van der Waals surface area contributed by atoms with Crippen LogP contribution in [0, 0.1) is 5.82 Å². The van der Waals surface area contributed by atoms with Crippen molar-refractivity contribution in [2.45, 2.75) is 6.92 Å². The van der Waals surface area contributed by atoms with Crippen LogP contribution in [0.15, 0.2) is 53.6 Å². The Labute approximate surface area is 111 Å².